The van der Waals surface area contributed by atoms with E-state index in [2.05, 4.69) is 4.90 Å². The molecule has 2 aliphatic rings. The van der Waals surface area contributed by atoms with E-state index in [1.54, 1.807) is 4.90 Å². The quantitative estimate of drug-likeness (QED) is 0.638. The summed E-state index contributed by atoms with van der Waals surface area (Å²) < 4.78 is 38.5. The molecule has 0 bridgehead atoms. The molecule has 31 heavy (non-hydrogen) atoms. The number of hydrogen-bond donors (Lipinski definition) is 0. The van der Waals surface area contributed by atoms with E-state index in [1.807, 2.05) is 4.90 Å². The first-order valence-electron chi connectivity index (χ1n) is 11.0. The molecule has 3 rings (SSSR count). The van der Waals surface area contributed by atoms with Crippen LogP contribution in [-0.4, -0.2) is 72.3 Å². The smallest absolute Gasteiger partial charge is 0.341 e. The normalized spacial score (nSPS) is 19.1. The molecule has 5 nitrogen and oxygen atoms in total. The third-order valence-electron chi connectivity index (χ3n) is 5.88. The lowest BCUT2D eigenvalue weighted by atomic mass is 10.1. The van der Waals surface area contributed by atoms with Gasteiger partial charge >= 0.3 is 6.18 Å². The van der Waals surface area contributed by atoms with Crippen molar-refractivity contribution in [2.45, 2.75) is 38.3 Å². The number of piperidine rings is 1. The van der Waals surface area contributed by atoms with Crippen LogP contribution in [-0.2, 0) is 15.8 Å². The molecule has 0 radical (unpaired) electrons. The molecule has 2 amide bonds. The second-order valence-electron chi connectivity index (χ2n) is 8.17. The molecule has 0 unspecified atom stereocenters. The number of carbonyl (C=O) groups is 2. The number of amides is 2. The fourth-order valence-electron chi connectivity index (χ4n) is 4.08. The first-order chi connectivity index (χ1) is 14.8. The van der Waals surface area contributed by atoms with E-state index < -0.39 is 11.7 Å². The summed E-state index contributed by atoms with van der Waals surface area (Å²) in [5, 5.41) is 0. The molecular formula is C23H30F3N3O2. The zero-order valence-electron chi connectivity index (χ0n) is 17.7. The summed E-state index contributed by atoms with van der Waals surface area (Å²) >= 11 is 0. The van der Waals surface area contributed by atoms with Gasteiger partial charge in [0.15, 0.2) is 0 Å². The number of hydrogen-bond acceptors (Lipinski definition) is 3. The van der Waals surface area contributed by atoms with Gasteiger partial charge in [0.25, 0.3) is 0 Å². The van der Waals surface area contributed by atoms with E-state index in [0.29, 0.717) is 31.7 Å². The molecule has 0 atom stereocenters. The van der Waals surface area contributed by atoms with Crippen molar-refractivity contribution in [1.82, 2.24) is 14.7 Å². The van der Waals surface area contributed by atoms with Crippen molar-refractivity contribution in [2.24, 2.45) is 0 Å². The summed E-state index contributed by atoms with van der Waals surface area (Å²) in [5.41, 5.74) is -0.434. The lowest BCUT2D eigenvalue weighted by Crippen LogP contribution is -2.37. The van der Waals surface area contributed by atoms with Crippen LogP contribution in [0, 0.1) is 0 Å². The van der Waals surface area contributed by atoms with E-state index in [9.17, 15) is 22.8 Å². The Morgan fingerprint density at radius 1 is 1.00 bits per heavy atom. The molecule has 2 fully saturated rings. The maximum atomic E-state index is 12.8. The highest BCUT2D eigenvalue weighted by molar-refractivity contribution is 5.92. The van der Waals surface area contributed by atoms with Gasteiger partial charge in [0.1, 0.15) is 0 Å². The second-order valence-corrected chi connectivity index (χ2v) is 8.17. The summed E-state index contributed by atoms with van der Waals surface area (Å²) in [7, 11) is 0. The minimum Gasteiger partial charge on any atom is -0.341 e. The van der Waals surface area contributed by atoms with Crippen LogP contribution >= 0.6 is 0 Å². The topological polar surface area (TPSA) is 43.9 Å². The average molecular weight is 438 g/mol. The highest BCUT2D eigenvalue weighted by Crippen LogP contribution is 2.29. The highest BCUT2D eigenvalue weighted by Gasteiger charge is 2.30. The Balaban J connectivity index is 1.49. The standard InChI is InChI=1S/C23H30F3N3O2/c24-23(25,26)20-7-4-6-19(18-20)8-9-21(30)29-15-10-22(31)28(16-17-29)14-5-13-27-11-2-1-3-12-27/h4,6-9,18H,1-3,5,10-17H2. The van der Waals surface area contributed by atoms with Crippen LogP contribution in [0.15, 0.2) is 30.3 Å². The van der Waals surface area contributed by atoms with Gasteiger partial charge in [0.2, 0.25) is 11.8 Å². The van der Waals surface area contributed by atoms with Crippen LogP contribution in [0.1, 0.15) is 43.2 Å². The maximum absolute atomic E-state index is 12.8. The van der Waals surface area contributed by atoms with Crippen LogP contribution in [0.5, 0.6) is 0 Å². The zero-order chi connectivity index (χ0) is 22.3. The van der Waals surface area contributed by atoms with Gasteiger partial charge in [-0.05, 0) is 62.7 Å². The van der Waals surface area contributed by atoms with E-state index >= 15 is 0 Å². The minimum absolute atomic E-state index is 0.0517. The van der Waals surface area contributed by atoms with E-state index in [0.717, 1.165) is 38.2 Å². The first kappa shape index (κ1) is 23.3. The number of likely N-dealkylation sites (tertiary alicyclic amines) is 1. The molecule has 0 saturated carbocycles. The molecule has 0 aliphatic carbocycles. The van der Waals surface area contributed by atoms with E-state index in [1.165, 1.54) is 43.5 Å². The molecule has 1 aromatic rings. The Labute approximate surface area is 181 Å². The van der Waals surface area contributed by atoms with Crippen LogP contribution in [0.4, 0.5) is 13.2 Å². The van der Waals surface area contributed by atoms with Crippen LogP contribution < -0.4 is 0 Å². The summed E-state index contributed by atoms with van der Waals surface area (Å²) in [5.74, 6) is -0.240. The van der Waals surface area contributed by atoms with Gasteiger partial charge in [-0.25, -0.2) is 0 Å². The van der Waals surface area contributed by atoms with Crippen molar-refractivity contribution in [1.29, 1.82) is 0 Å². The van der Waals surface area contributed by atoms with Gasteiger partial charge in [0.05, 0.1) is 5.56 Å². The fraction of sp³-hybridized carbons (Fsp3) is 0.565. The van der Waals surface area contributed by atoms with Crippen molar-refractivity contribution in [3.8, 4) is 0 Å². The van der Waals surface area contributed by atoms with Crippen molar-refractivity contribution in [3.05, 3.63) is 41.5 Å². The summed E-state index contributed by atoms with van der Waals surface area (Å²) in [6.07, 6.45) is 3.24. The van der Waals surface area contributed by atoms with Crippen molar-refractivity contribution < 1.29 is 22.8 Å². The lowest BCUT2D eigenvalue weighted by molar-refractivity contribution is -0.137. The Hall–Kier alpha value is -2.35. The monoisotopic (exact) mass is 437 g/mol. The largest absolute Gasteiger partial charge is 0.416 e. The molecule has 1 aromatic carbocycles. The van der Waals surface area contributed by atoms with Crippen LogP contribution in [0.3, 0.4) is 0 Å². The number of nitrogens with zero attached hydrogens (tertiary/aromatic N) is 3. The number of benzene rings is 1. The van der Waals surface area contributed by atoms with Gasteiger partial charge in [-0.2, -0.15) is 13.2 Å². The van der Waals surface area contributed by atoms with Crippen molar-refractivity contribution >= 4 is 17.9 Å². The third-order valence-corrected chi connectivity index (χ3v) is 5.88. The number of rotatable bonds is 6. The van der Waals surface area contributed by atoms with Gasteiger partial charge in [-0.3, -0.25) is 9.59 Å². The molecular weight excluding hydrogens is 407 g/mol. The van der Waals surface area contributed by atoms with Crippen molar-refractivity contribution in [2.75, 3.05) is 45.8 Å². The Morgan fingerprint density at radius 3 is 2.52 bits per heavy atom. The Kier molecular flexibility index (Phi) is 8.12. The van der Waals surface area contributed by atoms with E-state index in [-0.39, 0.29) is 18.2 Å². The van der Waals surface area contributed by atoms with E-state index in [4.69, 9.17) is 0 Å². The Morgan fingerprint density at radius 2 is 1.77 bits per heavy atom. The summed E-state index contributed by atoms with van der Waals surface area (Å²) in [6, 6.07) is 4.85. The van der Waals surface area contributed by atoms with Crippen molar-refractivity contribution in [3.63, 3.8) is 0 Å². The second kappa shape index (κ2) is 10.8. The van der Waals surface area contributed by atoms with Gasteiger partial charge in [0, 0.05) is 38.7 Å². The number of carbonyl (C=O) groups excluding carboxylic acids is 2. The van der Waals surface area contributed by atoms with Crippen LogP contribution in [0.2, 0.25) is 0 Å². The third kappa shape index (κ3) is 7.09. The first-order valence-corrected chi connectivity index (χ1v) is 11.0. The fourth-order valence-corrected chi connectivity index (χ4v) is 4.08. The molecule has 2 heterocycles. The highest BCUT2D eigenvalue weighted by atomic mass is 19.4. The minimum atomic E-state index is -4.42. The SMILES string of the molecule is O=C(C=Cc1cccc(C(F)(F)F)c1)N1CCC(=O)N(CCCN2CCCCC2)CC1. The predicted molar refractivity (Wildman–Crippen MR) is 113 cm³/mol. The molecule has 2 saturated heterocycles. The zero-order valence-corrected chi connectivity index (χ0v) is 17.7. The predicted octanol–water partition coefficient (Wildman–Crippen LogP) is 3.66. The number of halogens is 3. The number of alkyl halides is 3. The molecule has 170 valence electrons. The van der Waals surface area contributed by atoms with Gasteiger partial charge < -0.3 is 14.7 Å². The summed E-state index contributed by atoms with van der Waals surface area (Å²) in [4.78, 5) is 30.8. The maximum Gasteiger partial charge on any atom is 0.416 e. The van der Waals surface area contributed by atoms with Gasteiger partial charge in [-0.1, -0.05) is 18.6 Å². The van der Waals surface area contributed by atoms with Crippen LogP contribution in [0.25, 0.3) is 6.08 Å². The molecule has 0 spiro atoms. The molecule has 0 aromatic heterocycles. The Bertz CT molecular complexity index is 789. The molecule has 0 N–H and O–H groups in total. The average Bonchev–Trinajstić information content (AvgIpc) is 2.94. The lowest BCUT2D eigenvalue weighted by Gasteiger charge is -2.28. The molecule has 8 heteroatoms. The van der Waals surface area contributed by atoms with Gasteiger partial charge in [-0.15, -0.1) is 0 Å². The summed E-state index contributed by atoms with van der Waals surface area (Å²) in [6.45, 7) is 5.20. The molecule has 2 aliphatic heterocycles.